The molecule has 2 aliphatic carbocycles. The molecule has 0 spiro atoms. The van der Waals surface area contributed by atoms with Crippen molar-refractivity contribution < 1.29 is 13.2 Å². The lowest BCUT2D eigenvalue weighted by Gasteiger charge is -2.22. The van der Waals surface area contributed by atoms with Gasteiger partial charge in [-0.2, -0.15) is 13.2 Å². The Morgan fingerprint density at radius 2 is 2.05 bits per heavy atom. The second-order valence-corrected chi connectivity index (χ2v) is 6.09. The van der Waals surface area contributed by atoms with E-state index < -0.39 is 12.7 Å². The van der Waals surface area contributed by atoms with Crippen LogP contribution in [-0.2, 0) is 6.54 Å². The fourth-order valence-electron chi connectivity index (χ4n) is 1.98. The summed E-state index contributed by atoms with van der Waals surface area (Å²) in [6.45, 7) is -0.230. The van der Waals surface area contributed by atoms with Gasteiger partial charge in [0.2, 0.25) is 0 Å². The summed E-state index contributed by atoms with van der Waals surface area (Å²) in [5.41, 5.74) is 0.847. The van der Waals surface area contributed by atoms with Crippen LogP contribution in [0.2, 0.25) is 0 Å². The van der Waals surface area contributed by atoms with E-state index in [1.54, 1.807) is 0 Å². The number of anilines is 1. The topological polar surface area (TPSA) is 28.2 Å². The Morgan fingerprint density at radius 3 is 2.63 bits per heavy atom. The quantitative estimate of drug-likeness (QED) is 0.873. The summed E-state index contributed by atoms with van der Waals surface area (Å²) in [6.07, 6.45) is -0.101. The third-order valence-corrected chi connectivity index (χ3v) is 4.20. The molecule has 3 nitrogen and oxygen atoms in total. The van der Waals surface area contributed by atoms with Crippen LogP contribution >= 0.6 is 11.3 Å². The zero-order chi connectivity index (χ0) is 13.5. The Bertz CT molecular complexity index is 438. The van der Waals surface area contributed by atoms with Crippen molar-refractivity contribution in [2.45, 2.75) is 50.5 Å². The summed E-state index contributed by atoms with van der Waals surface area (Å²) in [7, 11) is 0. The van der Waals surface area contributed by atoms with Crippen LogP contribution in [0.25, 0.3) is 0 Å². The first-order valence-corrected chi connectivity index (χ1v) is 7.40. The van der Waals surface area contributed by atoms with Crippen molar-refractivity contribution in [3.05, 3.63) is 11.1 Å². The Kier molecular flexibility index (Phi) is 3.42. The first-order chi connectivity index (χ1) is 9.01. The standard InChI is InChI=1S/C12H16F3N3S/c13-12(14,15)7-18(10-3-4-10)11-17-9(6-19-11)5-16-8-1-2-8/h6,8,10,16H,1-5,7H2. The van der Waals surface area contributed by atoms with E-state index in [9.17, 15) is 13.2 Å². The third-order valence-electron chi connectivity index (χ3n) is 3.27. The molecule has 1 aromatic heterocycles. The number of hydrogen-bond donors (Lipinski definition) is 1. The minimum absolute atomic E-state index is 0.0250. The van der Waals surface area contributed by atoms with Crippen molar-refractivity contribution >= 4 is 16.5 Å². The summed E-state index contributed by atoms with van der Waals surface area (Å²) in [5, 5.41) is 5.69. The molecular formula is C12H16F3N3S. The number of halogens is 3. The summed E-state index contributed by atoms with van der Waals surface area (Å²) in [6, 6.07) is 0.608. The zero-order valence-corrected chi connectivity index (χ0v) is 11.2. The minimum atomic E-state index is -4.17. The van der Waals surface area contributed by atoms with E-state index in [1.165, 1.54) is 29.1 Å². The molecule has 2 aliphatic rings. The predicted molar refractivity (Wildman–Crippen MR) is 68.4 cm³/mol. The highest BCUT2D eigenvalue weighted by Crippen LogP contribution is 2.36. The van der Waals surface area contributed by atoms with Gasteiger partial charge in [0, 0.05) is 24.0 Å². The number of nitrogens with zero attached hydrogens (tertiary/aromatic N) is 2. The van der Waals surface area contributed by atoms with Gasteiger partial charge in [-0.3, -0.25) is 0 Å². The molecule has 0 atom stereocenters. The van der Waals surface area contributed by atoms with Crippen LogP contribution in [0.4, 0.5) is 18.3 Å². The van der Waals surface area contributed by atoms with Crippen molar-refractivity contribution in [1.29, 1.82) is 0 Å². The molecule has 3 rings (SSSR count). The second kappa shape index (κ2) is 4.94. The Balaban J connectivity index is 1.64. The van der Waals surface area contributed by atoms with E-state index in [4.69, 9.17) is 0 Å². The molecule has 1 aromatic rings. The van der Waals surface area contributed by atoms with Gasteiger partial charge < -0.3 is 10.2 Å². The number of thiazole rings is 1. The molecule has 0 unspecified atom stereocenters. The molecule has 2 saturated carbocycles. The molecule has 0 amide bonds. The van der Waals surface area contributed by atoms with Gasteiger partial charge in [0.05, 0.1) is 5.69 Å². The van der Waals surface area contributed by atoms with Crippen molar-refractivity contribution in [1.82, 2.24) is 10.3 Å². The number of alkyl halides is 3. The summed E-state index contributed by atoms with van der Waals surface area (Å²) < 4.78 is 37.7. The molecular weight excluding hydrogens is 275 g/mol. The van der Waals surface area contributed by atoms with E-state index >= 15 is 0 Å². The predicted octanol–water partition coefficient (Wildman–Crippen LogP) is 2.93. The molecule has 1 N–H and O–H groups in total. The fourth-order valence-corrected chi connectivity index (χ4v) is 2.87. The van der Waals surface area contributed by atoms with E-state index in [-0.39, 0.29) is 6.04 Å². The van der Waals surface area contributed by atoms with Crippen molar-refractivity contribution in [2.75, 3.05) is 11.4 Å². The lowest BCUT2D eigenvalue weighted by atomic mass is 10.4. The van der Waals surface area contributed by atoms with Crippen LogP contribution in [0.1, 0.15) is 31.4 Å². The molecule has 0 aromatic carbocycles. The van der Waals surface area contributed by atoms with E-state index in [0.717, 1.165) is 18.5 Å². The van der Waals surface area contributed by atoms with E-state index in [2.05, 4.69) is 10.3 Å². The number of hydrogen-bond acceptors (Lipinski definition) is 4. The highest BCUT2D eigenvalue weighted by Gasteiger charge is 2.39. The lowest BCUT2D eigenvalue weighted by molar-refractivity contribution is -0.120. The highest BCUT2D eigenvalue weighted by atomic mass is 32.1. The van der Waals surface area contributed by atoms with Crippen LogP contribution in [-0.4, -0.2) is 29.8 Å². The normalized spacial score (nSPS) is 19.7. The first kappa shape index (κ1) is 13.2. The average molecular weight is 291 g/mol. The van der Waals surface area contributed by atoms with Gasteiger partial charge >= 0.3 is 6.18 Å². The zero-order valence-electron chi connectivity index (χ0n) is 10.4. The van der Waals surface area contributed by atoms with Crippen molar-refractivity contribution in [3.63, 3.8) is 0 Å². The molecule has 0 aliphatic heterocycles. The SMILES string of the molecule is FC(F)(F)CN(c1nc(CNC2CC2)cs1)C1CC1. The van der Waals surface area contributed by atoms with Crippen molar-refractivity contribution in [3.8, 4) is 0 Å². The Hall–Kier alpha value is -0.820. The molecule has 2 fully saturated rings. The summed E-state index contributed by atoms with van der Waals surface area (Å²) >= 11 is 1.31. The van der Waals surface area contributed by atoms with Gasteiger partial charge in [0.1, 0.15) is 6.54 Å². The van der Waals surface area contributed by atoms with E-state index in [0.29, 0.717) is 17.7 Å². The van der Waals surface area contributed by atoms with Gasteiger partial charge in [0.25, 0.3) is 0 Å². The molecule has 0 radical (unpaired) electrons. The second-order valence-electron chi connectivity index (χ2n) is 5.25. The molecule has 0 bridgehead atoms. The van der Waals surface area contributed by atoms with Gasteiger partial charge in [-0.15, -0.1) is 11.3 Å². The molecule has 7 heteroatoms. The molecule has 106 valence electrons. The lowest BCUT2D eigenvalue weighted by Crippen LogP contribution is -2.35. The molecule has 1 heterocycles. The van der Waals surface area contributed by atoms with Crippen LogP contribution < -0.4 is 10.2 Å². The third kappa shape index (κ3) is 3.82. The summed E-state index contributed by atoms with van der Waals surface area (Å²) in [5.74, 6) is 0. The van der Waals surface area contributed by atoms with Crippen molar-refractivity contribution in [2.24, 2.45) is 0 Å². The molecule has 19 heavy (non-hydrogen) atoms. The molecule has 0 saturated heterocycles. The Morgan fingerprint density at radius 1 is 1.32 bits per heavy atom. The summed E-state index contributed by atoms with van der Waals surface area (Å²) in [4.78, 5) is 5.75. The van der Waals surface area contributed by atoms with Crippen LogP contribution in [0.3, 0.4) is 0 Å². The Labute approximate surface area is 113 Å². The number of nitrogens with one attached hydrogen (secondary N) is 1. The number of aromatic nitrogens is 1. The largest absolute Gasteiger partial charge is 0.406 e. The van der Waals surface area contributed by atoms with Gasteiger partial charge in [-0.05, 0) is 25.7 Å². The maximum absolute atomic E-state index is 12.6. The van der Waals surface area contributed by atoms with Gasteiger partial charge in [-0.1, -0.05) is 0 Å². The highest BCUT2D eigenvalue weighted by molar-refractivity contribution is 7.13. The van der Waals surface area contributed by atoms with Gasteiger partial charge in [0.15, 0.2) is 5.13 Å². The average Bonchev–Trinajstić information content (AvgIpc) is 3.22. The monoisotopic (exact) mass is 291 g/mol. The van der Waals surface area contributed by atoms with Crippen LogP contribution in [0.15, 0.2) is 5.38 Å². The minimum Gasteiger partial charge on any atom is -0.336 e. The fraction of sp³-hybridized carbons (Fsp3) is 0.750. The smallest absolute Gasteiger partial charge is 0.336 e. The number of rotatable bonds is 6. The van der Waals surface area contributed by atoms with Crippen LogP contribution in [0.5, 0.6) is 0 Å². The first-order valence-electron chi connectivity index (χ1n) is 6.52. The maximum atomic E-state index is 12.6. The maximum Gasteiger partial charge on any atom is 0.406 e. The van der Waals surface area contributed by atoms with Gasteiger partial charge in [-0.25, -0.2) is 4.98 Å². The van der Waals surface area contributed by atoms with E-state index in [1.807, 2.05) is 5.38 Å². The van der Waals surface area contributed by atoms with Crippen LogP contribution in [0, 0.1) is 0 Å².